The highest BCUT2D eigenvalue weighted by molar-refractivity contribution is 7.80. The molecular weight excluding hydrogens is 232 g/mol. The fraction of sp³-hybridized carbons (Fsp3) is 0.455. The Morgan fingerprint density at radius 2 is 1.80 bits per heavy atom. The van der Waals surface area contributed by atoms with Gasteiger partial charge in [-0.15, -0.1) is 11.6 Å². The Bertz CT molecular complexity index is 289. The van der Waals surface area contributed by atoms with Crippen molar-refractivity contribution < 1.29 is 10.2 Å². The summed E-state index contributed by atoms with van der Waals surface area (Å²) in [5.74, 6) is 1.01. The van der Waals surface area contributed by atoms with Crippen molar-refractivity contribution in [3.63, 3.8) is 0 Å². The van der Waals surface area contributed by atoms with E-state index >= 15 is 0 Å². The SMILES string of the molecule is OC(CCS)C(O)c1ccc(CCl)cc1. The molecule has 0 heterocycles. The summed E-state index contributed by atoms with van der Waals surface area (Å²) < 4.78 is 0. The van der Waals surface area contributed by atoms with E-state index in [9.17, 15) is 10.2 Å². The average Bonchev–Trinajstić information content (AvgIpc) is 2.28. The lowest BCUT2D eigenvalue weighted by atomic mass is 10.0. The van der Waals surface area contributed by atoms with E-state index < -0.39 is 12.2 Å². The fourth-order valence-corrected chi connectivity index (χ4v) is 1.76. The Kier molecular flexibility index (Phi) is 5.47. The lowest BCUT2D eigenvalue weighted by molar-refractivity contribution is 0.0172. The lowest BCUT2D eigenvalue weighted by Crippen LogP contribution is -2.18. The van der Waals surface area contributed by atoms with Gasteiger partial charge in [-0.3, -0.25) is 0 Å². The Hall–Kier alpha value is -0.220. The second-order valence-electron chi connectivity index (χ2n) is 3.40. The molecule has 0 aliphatic heterocycles. The van der Waals surface area contributed by atoms with Gasteiger partial charge in [0.25, 0.3) is 0 Å². The highest BCUT2D eigenvalue weighted by atomic mass is 35.5. The van der Waals surface area contributed by atoms with Crippen LogP contribution in [0.1, 0.15) is 23.7 Å². The minimum atomic E-state index is -0.846. The third kappa shape index (κ3) is 3.68. The van der Waals surface area contributed by atoms with Crippen LogP contribution in [-0.2, 0) is 5.88 Å². The van der Waals surface area contributed by atoms with Crippen LogP contribution in [0.4, 0.5) is 0 Å². The van der Waals surface area contributed by atoms with E-state index in [-0.39, 0.29) is 0 Å². The highest BCUT2D eigenvalue weighted by Gasteiger charge is 2.16. The van der Waals surface area contributed by atoms with Crippen molar-refractivity contribution in [1.29, 1.82) is 0 Å². The van der Waals surface area contributed by atoms with Crippen molar-refractivity contribution in [2.45, 2.75) is 24.5 Å². The van der Waals surface area contributed by atoms with Crippen molar-refractivity contribution >= 4 is 24.2 Å². The molecule has 4 heteroatoms. The van der Waals surface area contributed by atoms with Gasteiger partial charge in [0.2, 0.25) is 0 Å². The van der Waals surface area contributed by atoms with E-state index in [2.05, 4.69) is 12.6 Å². The number of thiol groups is 1. The van der Waals surface area contributed by atoms with E-state index in [1.54, 1.807) is 12.1 Å². The zero-order valence-electron chi connectivity index (χ0n) is 8.31. The number of alkyl halides is 1. The number of rotatable bonds is 5. The molecule has 1 rings (SSSR count). The van der Waals surface area contributed by atoms with Crippen molar-refractivity contribution in [2.24, 2.45) is 0 Å². The minimum Gasteiger partial charge on any atom is -0.390 e. The van der Waals surface area contributed by atoms with Crippen molar-refractivity contribution in [3.8, 4) is 0 Å². The molecule has 84 valence electrons. The summed E-state index contributed by atoms with van der Waals surface area (Å²) in [6.45, 7) is 0. The second-order valence-corrected chi connectivity index (χ2v) is 4.11. The molecule has 0 fully saturated rings. The molecule has 2 N–H and O–H groups in total. The summed E-state index contributed by atoms with van der Waals surface area (Å²) >= 11 is 9.66. The normalized spacial score (nSPS) is 14.9. The topological polar surface area (TPSA) is 40.5 Å². The molecule has 0 saturated heterocycles. The van der Waals surface area contributed by atoms with Crippen LogP contribution in [0.3, 0.4) is 0 Å². The molecule has 0 aromatic heterocycles. The molecule has 0 radical (unpaired) electrons. The summed E-state index contributed by atoms with van der Waals surface area (Å²) in [7, 11) is 0. The van der Waals surface area contributed by atoms with Crippen molar-refractivity contribution in [3.05, 3.63) is 35.4 Å². The van der Waals surface area contributed by atoms with E-state index in [0.717, 1.165) is 5.56 Å². The van der Waals surface area contributed by atoms with Gasteiger partial charge in [0, 0.05) is 5.88 Å². The number of hydrogen-bond acceptors (Lipinski definition) is 3. The maximum Gasteiger partial charge on any atom is 0.105 e. The molecule has 2 nitrogen and oxygen atoms in total. The largest absolute Gasteiger partial charge is 0.390 e. The number of halogens is 1. The van der Waals surface area contributed by atoms with Crippen LogP contribution in [0.5, 0.6) is 0 Å². The van der Waals surface area contributed by atoms with Crippen LogP contribution in [-0.4, -0.2) is 22.1 Å². The predicted molar refractivity (Wildman–Crippen MR) is 65.4 cm³/mol. The summed E-state index contributed by atoms with van der Waals surface area (Å²) in [5.41, 5.74) is 1.70. The van der Waals surface area contributed by atoms with Crippen molar-refractivity contribution in [2.75, 3.05) is 5.75 Å². The molecule has 0 aliphatic rings. The summed E-state index contributed by atoms with van der Waals surface area (Å²) in [4.78, 5) is 0. The van der Waals surface area contributed by atoms with Crippen LogP contribution >= 0.6 is 24.2 Å². The van der Waals surface area contributed by atoms with Gasteiger partial charge in [0.15, 0.2) is 0 Å². The van der Waals surface area contributed by atoms with Gasteiger partial charge < -0.3 is 10.2 Å². The van der Waals surface area contributed by atoms with Gasteiger partial charge in [0.1, 0.15) is 6.10 Å². The summed E-state index contributed by atoms with van der Waals surface area (Å²) in [6, 6.07) is 7.26. The summed E-state index contributed by atoms with van der Waals surface area (Å²) in [5, 5.41) is 19.3. The first kappa shape index (κ1) is 12.8. The van der Waals surface area contributed by atoms with Gasteiger partial charge in [0.05, 0.1) is 6.10 Å². The standard InChI is InChI=1S/C11H15ClO2S/c12-7-8-1-3-9(4-2-8)11(14)10(13)5-6-15/h1-4,10-11,13-15H,5-7H2. The van der Waals surface area contributed by atoms with Crippen LogP contribution in [0.25, 0.3) is 0 Å². The van der Waals surface area contributed by atoms with E-state index in [1.165, 1.54) is 0 Å². The third-order valence-corrected chi connectivity index (χ3v) is 2.83. The molecule has 2 unspecified atom stereocenters. The smallest absolute Gasteiger partial charge is 0.105 e. The van der Waals surface area contributed by atoms with E-state index in [4.69, 9.17) is 11.6 Å². The Morgan fingerprint density at radius 1 is 1.20 bits per heavy atom. The van der Waals surface area contributed by atoms with Crippen molar-refractivity contribution in [1.82, 2.24) is 0 Å². The Morgan fingerprint density at radius 3 is 2.27 bits per heavy atom. The van der Waals surface area contributed by atoms with Gasteiger partial charge >= 0.3 is 0 Å². The first-order chi connectivity index (χ1) is 7.19. The fourth-order valence-electron chi connectivity index (χ4n) is 1.32. The molecule has 1 aromatic carbocycles. The predicted octanol–water partition coefficient (Wildman–Crippen LogP) is 2.14. The summed E-state index contributed by atoms with van der Waals surface area (Å²) in [6.07, 6.45) is -1.13. The number of aliphatic hydroxyl groups is 2. The molecule has 0 saturated carbocycles. The minimum absolute atomic E-state index is 0.454. The molecule has 0 amide bonds. The van der Waals surface area contributed by atoms with Crippen LogP contribution in [0, 0.1) is 0 Å². The maximum absolute atomic E-state index is 9.77. The number of benzene rings is 1. The van der Waals surface area contributed by atoms with Gasteiger partial charge in [-0.05, 0) is 23.3 Å². The van der Waals surface area contributed by atoms with E-state index in [1.807, 2.05) is 12.1 Å². The van der Waals surface area contributed by atoms with Gasteiger partial charge in [-0.2, -0.15) is 12.6 Å². The zero-order chi connectivity index (χ0) is 11.3. The Balaban J connectivity index is 2.69. The maximum atomic E-state index is 9.77. The van der Waals surface area contributed by atoms with Crippen LogP contribution in [0.15, 0.2) is 24.3 Å². The van der Waals surface area contributed by atoms with Gasteiger partial charge in [-0.25, -0.2) is 0 Å². The molecule has 0 spiro atoms. The number of hydrogen-bond donors (Lipinski definition) is 3. The Labute approximate surface area is 100 Å². The molecule has 0 bridgehead atoms. The zero-order valence-corrected chi connectivity index (χ0v) is 9.96. The molecule has 2 atom stereocenters. The third-order valence-electron chi connectivity index (χ3n) is 2.26. The molecule has 15 heavy (non-hydrogen) atoms. The second kappa shape index (κ2) is 6.38. The lowest BCUT2D eigenvalue weighted by Gasteiger charge is -2.17. The first-order valence-electron chi connectivity index (χ1n) is 4.81. The molecule has 0 aliphatic carbocycles. The average molecular weight is 247 g/mol. The number of aliphatic hydroxyl groups excluding tert-OH is 2. The van der Waals surface area contributed by atoms with Crippen LogP contribution < -0.4 is 0 Å². The van der Waals surface area contributed by atoms with Crippen LogP contribution in [0.2, 0.25) is 0 Å². The van der Waals surface area contributed by atoms with E-state index in [0.29, 0.717) is 23.6 Å². The monoisotopic (exact) mass is 246 g/mol. The first-order valence-corrected chi connectivity index (χ1v) is 5.97. The molecule has 1 aromatic rings. The quantitative estimate of drug-likeness (QED) is 0.550. The molecular formula is C11H15ClO2S. The van der Waals surface area contributed by atoms with Gasteiger partial charge in [-0.1, -0.05) is 24.3 Å². The highest BCUT2D eigenvalue weighted by Crippen LogP contribution is 2.20.